The van der Waals surface area contributed by atoms with E-state index in [0.29, 0.717) is 10.8 Å². The molecular weight excluding hydrogens is 357 g/mol. The zero-order valence-corrected chi connectivity index (χ0v) is 14.8. The van der Waals surface area contributed by atoms with Gasteiger partial charge in [-0.1, -0.05) is 35.9 Å². The number of benzene rings is 2. The highest BCUT2D eigenvalue weighted by Crippen LogP contribution is 2.22. The van der Waals surface area contributed by atoms with Crippen LogP contribution in [0.5, 0.6) is 5.75 Å². The number of hydrogen-bond acceptors (Lipinski definition) is 3. The maximum absolute atomic E-state index is 13.6. The number of hydrogen-bond donors (Lipinski definition) is 1. The van der Waals surface area contributed by atoms with Gasteiger partial charge in [-0.05, 0) is 29.8 Å². The van der Waals surface area contributed by atoms with Crippen molar-refractivity contribution < 1.29 is 13.9 Å². The third kappa shape index (κ3) is 4.21. The molecule has 1 heterocycles. The molecule has 0 fully saturated rings. The number of para-hydroxylation sites is 1. The van der Waals surface area contributed by atoms with Gasteiger partial charge in [0.1, 0.15) is 11.9 Å². The molecule has 1 N–H and O–H groups in total. The summed E-state index contributed by atoms with van der Waals surface area (Å²) in [5.74, 6) is -0.218. The Bertz CT molecular complexity index is 896. The SMILES string of the molecule is Cn1ccnc1C(NC(=O)COc1ccccc1F)c1ccc(Cl)cc1. The Morgan fingerprint density at radius 3 is 2.65 bits per heavy atom. The van der Waals surface area contributed by atoms with Gasteiger partial charge in [0.25, 0.3) is 5.91 Å². The summed E-state index contributed by atoms with van der Waals surface area (Å²) in [5.41, 5.74) is 0.822. The summed E-state index contributed by atoms with van der Waals surface area (Å²) >= 11 is 5.95. The standard InChI is InChI=1S/C19H17ClFN3O2/c1-24-11-10-22-19(24)18(13-6-8-14(20)9-7-13)23-17(25)12-26-16-5-3-2-4-15(16)21/h2-11,18H,12H2,1H3,(H,23,25). The molecule has 0 saturated heterocycles. The number of carbonyl (C=O) groups excluding carboxylic acids is 1. The second-order valence-corrected chi connectivity index (χ2v) is 6.10. The van der Waals surface area contributed by atoms with Crippen LogP contribution in [-0.2, 0) is 11.8 Å². The molecule has 5 nitrogen and oxygen atoms in total. The zero-order valence-electron chi connectivity index (χ0n) is 14.0. The van der Waals surface area contributed by atoms with Gasteiger partial charge < -0.3 is 14.6 Å². The van der Waals surface area contributed by atoms with E-state index in [0.717, 1.165) is 5.56 Å². The van der Waals surface area contributed by atoms with Crippen molar-refractivity contribution in [2.24, 2.45) is 7.05 Å². The third-order valence-corrected chi connectivity index (χ3v) is 4.07. The summed E-state index contributed by atoms with van der Waals surface area (Å²) in [6, 6.07) is 12.6. The van der Waals surface area contributed by atoms with Crippen LogP contribution in [0.1, 0.15) is 17.4 Å². The van der Waals surface area contributed by atoms with Crippen LogP contribution in [0.3, 0.4) is 0 Å². The fraction of sp³-hybridized carbons (Fsp3) is 0.158. The highest BCUT2D eigenvalue weighted by atomic mass is 35.5. The smallest absolute Gasteiger partial charge is 0.258 e. The van der Waals surface area contributed by atoms with Gasteiger partial charge in [-0.2, -0.15) is 0 Å². The average Bonchev–Trinajstić information content (AvgIpc) is 3.05. The summed E-state index contributed by atoms with van der Waals surface area (Å²) in [7, 11) is 1.84. The van der Waals surface area contributed by atoms with Crippen LogP contribution in [0.4, 0.5) is 4.39 Å². The number of halogens is 2. The first-order valence-electron chi connectivity index (χ1n) is 7.94. The molecule has 2 aromatic carbocycles. The van der Waals surface area contributed by atoms with Gasteiger partial charge in [0, 0.05) is 24.5 Å². The molecule has 1 amide bonds. The lowest BCUT2D eigenvalue weighted by Crippen LogP contribution is -2.34. The third-order valence-electron chi connectivity index (χ3n) is 3.82. The van der Waals surface area contributed by atoms with Crippen molar-refractivity contribution in [3.05, 3.63) is 83.2 Å². The van der Waals surface area contributed by atoms with Gasteiger partial charge in [-0.3, -0.25) is 4.79 Å². The van der Waals surface area contributed by atoms with E-state index >= 15 is 0 Å². The molecule has 0 spiro atoms. The topological polar surface area (TPSA) is 56.2 Å². The Kier molecular flexibility index (Phi) is 5.53. The van der Waals surface area contributed by atoms with E-state index in [1.54, 1.807) is 36.7 Å². The second-order valence-electron chi connectivity index (χ2n) is 5.67. The van der Waals surface area contributed by atoms with Crippen molar-refractivity contribution in [2.75, 3.05) is 6.61 Å². The Morgan fingerprint density at radius 1 is 1.27 bits per heavy atom. The largest absolute Gasteiger partial charge is 0.481 e. The molecule has 1 unspecified atom stereocenters. The minimum atomic E-state index is -0.515. The van der Waals surface area contributed by atoms with Crippen LogP contribution < -0.4 is 10.1 Å². The summed E-state index contributed by atoms with van der Waals surface area (Å²) in [6.45, 7) is -0.310. The number of nitrogens with one attached hydrogen (secondary N) is 1. The Morgan fingerprint density at radius 2 is 2.00 bits per heavy atom. The van der Waals surface area contributed by atoms with Crippen LogP contribution >= 0.6 is 11.6 Å². The van der Waals surface area contributed by atoms with Crippen LogP contribution in [0.2, 0.25) is 5.02 Å². The van der Waals surface area contributed by atoms with Crippen LogP contribution in [-0.4, -0.2) is 22.1 Å². The zero-order chi connectivity index (χ0) is 18.5. The van der Waals surface area contributed by atoms with E-state index in [1.807, 2.05) is 23.7 Å². The molecule has 0 radical (unpaired) electrons. The molecule has 7 heteroatoms. The number of rotatable bonds is 6. The molecule has 1 atom stereocenters. The molecule has 1 aromatic heterocycles. The molecule has 0 saturated carbocycles. The van der Waals surface area contributed by atoms with E-state index in [1.165, 1.54) is 12.1 Å². The normalized spacial score (nSPS) is 11.8. The maximum Gasteiger partial charge on any atom is 0.258 e. The van der Waals surface area contributed by atoms with Crippen LogP contribution in [0.25, 0.3) is 0 Å². The lowest BCUT2D eigenvalue weighted by molar-refractivity contribution is -0.123. The van der Waals surface area contributed by atoms with Crippen molar-refractivity contribution in [3.8, 4) is 5.75 Å². The Hall–Kier alpha value is -2.86. The van der Waals surface area contributed by atoms with Gasteiger partial charge >= 0.3 is 0 Å². The quantitative estimate of drug-likeness (QED) is 0.719. The summed E-state index contributed by atoms with van der Waals surface area (Å²) < 4.78 is 20.7. The van der Waals surface area contributed by atoms with Crippen molar-refractivity contribution in [1.82, 2.24) is 14.9 Å². The van der Waals surface area contributed by atoms with E-state index in [-0.39, 0.29) is 12.4 Å². The molecule has 0 bridgehead atoms. The van der Waals surface area contributed by atoms with Crippen molar-refractivity contribution >= 4 is 17.5 Å². The molecule has 0 aliphatic heterocycles. The molecular formula is C19H17ClFN3O2. The van der Waals surface area contributed by atoms with Gasteiger partial charge in [0.15, 0.2) is 18.2 Å². The lowest BCUT2D eigenvalue weighted by Gasteiger charge is -2.19. The lowest BCUT2D eigenvalue weighted by atomic mass is 10.1. The highest BCUT2D eigenvalue weighted by molar-refractivity contribution is 6.30. The maximum atomic E-state index is 13.6. The number of amides is 1. The Balaban J connectivity index is 1.75. The molecule has 26 heavy (non-hydrogen) atoms. The molecule has 3 rings (SSSR count). The molecule has 134 valence electrons. The van der Waals surface area contributed by atoms with Crippen LogP contribution in [0, 0.1) is 5.82 Å². The van der Waals surface area contributed by atoms with Crippen molar-refractivity contribution in [2.45, 2.75) is 6.04 Å². The minimum Gasteiger partial charge on any atom is -0.481 e. The summed E-state index contributed by atoms with van der Waals surface area (Å²) in [5, 5.41) is 3.47. The number of ether oxygens (including phenoxy) is 1. The average molecular weight is 374 g/mol. The first-order valence-corrected chi connectivity index (χ1v) is 8.32. The number of aromatic nitrogens is 2. The number of carbonyl (C=O) groups is 1. The highest BCUT2D eigenvalue weighted by Gasteiger charge is 2.21. The van der Waals surface area contributed by atoms with Crippen molar-refractivity contribution in [1.29, 1.82) is 0 Å². The van der Waals surface area contributed by atoms with E-state index in [2.05, 4.69) is 10.3 Å². The predicted molar refractivity (Wildman–Crippen MR) is 96.5 cm³/mol. The second kappa shape index (κ2) is 8.01. The molecule has 0 aliphatic carbocycles. The number of aryl methyl sites for hydroxylation is 1. The Labute approximate surface area is 155 Å². The predicted octanol–water partition coefficient (Wildman–Crippen LogP) is 3.50. The van der Waals surface area contributed by atoms with E-state index in [4.69, 9.17) is 16.3 Å². The summed E-state index contributed by atoms with van der Waals surface area (Å²) in [4.78, 5) is 16.7. The van der Waals surface area contributed by atoms with Gasteiger partial charge in [0.05, 0.1) is 0 Å². The summed E-state index contributed by atoms with van der Waals surface area (Å²) in [6.07, 6.45) is 3.44. The van der Waals surface area contributed by atoms with E-state index < -0.39 is 17.8 Å². The first-order chi connectivity index (χ1) is 12.5. The first kappa shape index (κ1) is 17.9. The number of imidazole rings is 1. The van der Waals surface area contributed by atoms with E-state index in [9.17, 15) is 9.18 Å². The fourth-order valence-corrected chi connectivity index (χ4v) is 2.64. The van der Waals surface area contributed by atoms with Gasteiger partial charge in [-0.15, -0.1) is 0 Å². The van der Waals surface area contributed by atoms with Crippen molar-refractivity contribution in [3.63, 3.8) is 0 Å². The monoisotopic (exact) mass is 373 g/mol. The molecule has 0 aliphatic rings. The van der Waals surface area contributed by atoms with Crippen LogP contribution in [0.15, 0.2) is 60.9 Å². The van der Waals surface area contributed by atoms with Gasteiger partial charge in [0.2, 0.25) is 0 Å². The minimum absolute atomic E-state index is 0.0303. The molecule has 3 aromatic rings. The number of nitrogens with zero attached hydrogens (tertiary/aromatic N) is 2. The fourth-order valence-electron chi connectivity index (χ4n) is 2.52. The van der Waals surface area contributed by atoms with Gasteiger partial charge in [-0.25, -0.2) is 9.37 Å².